The molecule has 2 heterocycles. The Hall–Kier alpha value is -2.28. The minimum atomic E-state index is -5.62. The maximum Gasteiger partial charge on any atom is 0.516 e. The summed E-state index contributed by atoms with van der Waals surface area (Å²) in [6.45, 7) is 4.73. The highest BCUT2D eigenvalue weighted by molar-refractivity contribution is 7.93. The predicted octanol–water partition coefficient (Wildman–Crippen LogP) is 4.77. The molecule has 0 saturated carbocycles. The first kappa shape index (κ1) is 21.4. The van der Waals surface area contributed by atoms with E-state index in [1.165, 1.54) is 11.6 Å². The smallest absolute Gasteiger partial charge is 0.369 e. The average molecular weight is 448 g/mol. The SMILES string of the molecule is CCCN1c2ccc(N=Nc3nncs3)c(NS(=O)(=O)C(F)(F)F)c2CCC1C. The van der Waals surface area contributed by atoms with Crippen LogP contribution in [0.2, 0.25) is 0 Å². The number of azo groups is 1. The van der Waals surface area contributed by atoms with E-state index in [0.717, 1.165) is 17.8 Å². The van der Waals surface area contributed by atoms with Gasteiger partial charge in [-0.25, -0.2) is 0 Å². The van der Waals surface area contributed by atoms with Crippen LogP contribution in [0.4, 0.5) is 35.4 Å². The maximum absolute atomic E-state index is 13.0. The van der Waals surface area contributed by atoms with Gasteiger partial charge in [0, 0.05) is 23.8 Å². The first-order valence-electron chi connectivity index (χ1n) is 8.83. The van der Waals surface area contributed by atoms with E-state index in [1.54, 1.807) is 10.8 Å². The van der Waals surface area contributed by atoms with Gasteiger partial charge >= 0.3 is 15.5 Å². The second kappa shape index (κ2) is 8.22. The molecule has 1 atom stereocenters. The van der Waals surface area contributed by atoms with Gasteiger partial charge in [-0.2, -0.15) is 21.6 Å². The number of alkyl halides is 3. The molecule has 3 rings (SSSR count). The zero-order chi connectivity index (χ0) is 21.2. The van der Waals surface area contributed by atoms with Gasteiger partial charge in [-0.05, 0) is 38.3 Å². The Balaban J connectivity index is 2.12. The number of hydrogen-bond donors (Lipinski definition) is 1. The van der Waals surface area contributed by atoms with Crippen molar-refractivity contribution in [3.05, 3.63) is 23.2 Å². The summed E-state index contributed by atoms with van der Waals surface area (Å²) in [5.74, 6) is 0. The molecule has 0 aliphatic carbocycles. The molecule has 0 fully saturated rings. The van der Waals surface area contributed by atoms with Gasteiger partial charge in [0.2, 0.25) is 0 Å². The Morgan fingerprint density at radius 2 is 2.10 bits per heavy atom. The van der Waals surface area contributed by atoms with Gasteiger partial charge in [0.05, 0.1) is 5.69 Å². The highest BCUT2D eigenvalue weighted by Crippen LogP contribution is 2.43. The number of benzene rings is 1. The highest BCUT2D eigenvalue weighted by Gasteiger charge is 2.47. The normalized spacial score (nSPS) is 17.6. The summed E-state index contributed by atoms with van der Waals surface area (Å²) >= 11 is 1.09. The van der Waals surface area contributed by atoms with Crippen LogP contribution >= 0.6 is 11.3 Å². The Bertz CT molecular complexity index is 993. The fourth-order valence-corrected chi connectivity index (χ4v) is 4.15. The van der Waals surface area contributed by atoms with E-state index < -0.39 is 15.5 Å². The van der Waals surface area contributed by atoms with Crippen molar-refractivity contribution in [2.24, 2.45) is 10.2 Å². The van der Waals surface area contributed by atoms with Crippen LogP contribution in [0.1, 0.15) is 32.3 Å². The van der Waals surface area contributed by atoms with Gasteiger partial charge < -0.3 is 4.90 Å². The summed E-state index contributed by atoms with van der Waals surface area (Å²) in [6.07, 6.45) is 1.92. The molecular formula is C16H19F3N6O2S2. The van der Waals surface area contributed by atoms with Crippen molar-refractivity contribution in [2.45, 2.75) is 44.7 Å². The molecule has 1 aliphatic heterocycles. The van der Waals surface area contributed by atoms with Crippen LogP contribution in [0.3, 0.4) is 0 Å². The fourth-order valence-electron chi connectivity index (χ4n) is 3.17. The first-order valence-corrected chi connectivity index (χ1v) is 11.2. The molecule has 1 aromatic heterocycles. The van der Waals surface area contributed by atoms with Crippen LogP contribution < -0.4 is 9.62 Å². The number of nitrogens with zero attached hydrogens (tertiary/aromatic N) is 5. The number of hydrogen-bond acceptors (Lipinski definition) is 8. The van der Waals surface area contributed by atoms with Crippen molar-refractivity contribution >= 4 is 43.6 Å². The summed E-state index contributed by atoms with van der Waals surface area (Å²) in [7, 11) is -5.62. The van der Waals surface area contributed by atoms with Gasteiger partial charge in [-0.3, -0.25) is 4.72 Å². The van der Waals surface area contributed by atoms with Crippen LogP contribution in [-0.4, -0.2) is 36.7 Å². The Morgan fingerprint density at radius 1 is 1.34 bits per heavy atom. The summed E-state index contributed by atoms with van der Waals surface area (Å²) in [4.78, 5) is 2.07. The standard InChI is InChI=1S/C16H19F3N6O2S2/c1-3-8-25-10(2)4-5-11-13(25)7-6-12(21-23-15-22-20-9-28-15)14(11)24-29(26,27)16(17,18)19/h6-7,9-10,24H,3-5,8H2,1-2H3. The fraction of sp³-hybridized carbons (Fsp3) is 0.500. The Kier molecular flexibility index (Phi) is 6.08. The first-order chi connectivity index (χ1) is 13.6. The van der Waals surface area contributed by atoms with E-state index in [2.05, 4.69) is 25.3 Å². The predicted molar refractivity (Wildman–Crippen MR) is 105 cm³/mol. The number of rotatable bonds is 6. The largest absolute Gasteiger partial charge is 0.516 e. The molecule has 0 spiro atoms. The number of sulfonamides is 1. The van der Waals surface area contributed by atoms with Crippen LogP contribution in [0.25, 0.3) is 0 Å². The van der Waals surface area contributed by atoms with E-state index in [9.17, 15) is 21.6 Å². The molecule has 158 valence electrons. The lowest BCUT2D eigenvalue weighted by atomic mass is 9.94. The topological polar surface area (TPSA) is 99.9 Å². The maximum atomic E-state index is 13.0. The minimum Gasteiger partial charge on any atom is -0.369 e. The second-order valence-corrected chi connectivity index (χ2v) is 9.00. The molecule has 0 bridgehead atoms. The molecule has 1 aromatic carbocycles. The minimum absolute atomic E-state index is 0.0159. The molecule has 0 radical (unpaired) electrons. The zero-order valence-electron chi connectivity index (χ0n) is 15.6. The van der Waals surface area contributed by atoms with Gasteiger partial charge in [0.1, 0.15) is 11.2 Å². The van der Waals surface area contributed by atoms with Crippen LogP contribution in [0.5, 0.6) is 0 Å². The molecule has 1 N–H and O–H groups in total. The molecule has 1 unspecified atom stereocenters. The molecule has 13 heteroatoms. The van der Waals surface area contributed by atoms with E-state index in [1.807, 2.05) is 13.8 Å². The highest BCUT2D eigenvalue weighted by atomic mass is 32.2. The lowest BCUT2D eigenvalue weighted by molar-refractivity contribution is -0.0429. The van der Waals surface area contributed by atoms with Gasteiger partial charge in [-0.15, -0.1) is 20.4 Å². The van der Waals surface area contributed by atoms with Crippen molar-refractivity contribution in [3.63, 3.8) is 0 Å². The van der Waals surface area contributed by atoms with E-state index >= 15 is 0 Å². The summed E-state index contributed by atoms with van der Waals surface area (Å²) in [5, 5.41) is 15.3. The Labute approximate surface area is 169 Å². The van der Waals surface area contributed by atoms with Crippen molar-refractivity contribution in [1.29, 1.82) is 0 Å². The monoisotopic (exact) mass is 448 g/mol. The summed E-state index contributed by atoms with van der Waals surface area (Å²) in [5.41, 5.74) is -3.08. The third kappa shape index (κ3) is 4.50. The third-order valence-electron chi connectivity index (χ3n) is 4.52. The quantitative estimate of drug-likeness (QED) is 0.642. The zero-order valence-corrected chi connectivity index (χ0v) is 17.3. The average Bonchev–Trinajstić information content (AvgIpc) is 3.15. The molecule has 0 saturated heterocycles. The summed E-state index contributed by atoms with van der Waals surface area (Å²) in [6, 6.07) is 3.38. The Morgan fingerprint density at radius 3 is 2.72 bits per heavy atom. The number of anilines is 2. The van der Waals surface area contributed by atoms with Crippen molar-refractivity contribution in [1.82, 2.24) is 10.2 Å². The van der Waals surface area contributed by atoms with Crippen molar-refractivity contribution in [2.75, 3.05) is 16.2 Å². The molecular weight excluding hydrogens is 429 g/mol. The number of fused-ring (bicyclic) bond motifs is 1. The van der Waals surface area contributed by atoms with Crippen molar-refractivity contribution < 1.29 is 21.6 Å². The van der Waals surface area contributed by atoms with Crippen LogP contribution in [0, 0.1) is 0 Å². The number of halogens is 3. The van der Waals surface area contributed by atoms with Gasteiger partial charge in [0.25, 0.3) is 5.13 Å². The van der Waals surface area contributed by atoms with Gasteiger partial charge in [0.15, 0.2) is 0 Å². The van der Waals surface area contributed by atoms with E-state index in [4.69, 9.17) is 0 Å². The van der Waals surface area contributed by atoms with Crippen LogP contribution in [-0.2, 0) is 16.4 Å². The van der Waals surface area contributed by atoms with Crippen molar-refractivity contribution in [3.8, 4) is 0 Å². The van der Waals surface area contributed by atoms with Gasteiger partial charge in [-0.1, -0.05) is 18.3 Å². The summed E-state index contributed by atoms with van der Waals surface area (Å²) < 4.78 is 64.4. The van der Waals surface area contributed by atoms with Crippen LogP contribution in [0.15, 0.2) is 27.9 Å². The van der Waals surface area contributed by atoms with E-state index in [-0.39, 0.29) is 22.5 Å². The number of nitrogens with one attached hydrogen (secondary N) is 1. The molecule has 8 nitrogen and oxygen atoms in total. The molecule has 2 aromatic rings. The second-order valence-electron chi connectivity index (χ2n) is 6.51. The molecule has 29 heavy (non-hydrogen) atoms. The molecule has 0 amide bonds. The molecule has 1 aliphatic rings. The lowest BCUT2D eigenvalue weighted by Gasteiger charge is -2.38. The third-order valence-corrected chi connectivity index (χ3v) is 6.17. The van der Waals surface area contributed by atoms with E-state index in [0.29, 0.717) is 30.6 Å². The number of aromatic nitrogens is 2. The lowest BCUT2D eigenvalue weighted by Crippen LogP contribution is -2.38.